The zero-order valence-corrected chi connectivity index (χ0v) is 30.9. The Morgan fingerprint density at radius 1 is 0.255 bits per heavy atom. The Bertz CT molecular complexity index is 3170. The molecule has 0 N–H and O–H groups in total. The molecule has 1 heterocycles. The molecule has 0 unspecified atom stereocenters. The topological polar surface area (TPSA) is 0 Å². The van der Waals surface area contributed by atoms with Crippen molar-refractivity contribution in [3.63, 3.8) is 0 Å². The van der Waals surface area contributed by atoms with Crippen LogP contribution >= 0.6 is 11.3 Å². The van der Waals surface area contributed by atoms with Crippen LogP contribution in [0.2, 0.25) is 0 Å². The number of thiophene rings is 1. The monoisotopic (exact) mass is 714 g/mol. The highest BCUT2D eigenvalue weighted by molar-refractivity contribution is 7.25. The van der Waals surface area contributed by atoms with E-state index in [4.69, 9.17) is 0 Å². The number of hydrogen-bond acceptors (Lipinski definition) is 1. The third-order valence-electron chi connectivity index (χ3n) is 11.3. The summed E-state index contributed by atoms with van der Waals surface area (Å²) in [6.07, 6.45) is 0. The molecule has 0 atom stereocenters. The third kappa shape index (κ3) is 5.28. The molecule has 0 amide bonds. The van der Waals surface area contributed by atoms with Gasteiger partial charge in [-0.05, 0) is 106 Å². The van der Waals surface area contributed by atoms with Gasteiger partial charge in [-0.3, -0.25) is 0 Å². The van der Waals surface area contributed by atoms with Gasteiger partial charge >= 0.3 is 0 Å². The Hall–Kier alpha value is -6.80. The summed E-state index contributed by atoms with van der Waals surface area (Å²) >= 11 is 1.87. The molecule has 1 heteroatoms. The van der Waals surface area contributed by atoms with Crippen LogP contribution in [0, 0.1) is 0 Å². The normalized spacial score (nSPS) is 11.6. The van der Waals surface area contributed by atoms with E-state index in [1.54, 1.807) is 0 Å². The summed E-state index contributed by atoms with van der Waals surface area (Å²) in [5.74, 6) is 0. The lowest BCUT2D eigenvalue weighted by atomic mass is 9.85. The van der Waals surface area contributed by atoms with E-state index in [9.17, 15) is 0 Å². The summed E-state index contributed by atoms with van der Waals surface area (Å²) in [4.78, 5) is 0. The first-order chi connectivity index (χ1) is 27.3. The van der Waals surface area contributed by atoms with Crippen LogP contribution in [0.4, 0.5) is 0 Å². The molecule has 0 aliphatic carbocycles. The molecule has 0 saturated carbocycles. The SMILES string of the molecule is c1cc(-c2ccc(-c3c4ccccc4c(-c4ccc(-c5cccc6sc7ccccc7c56)cc4)c4ccccc34)cc2)cc(-c2cccc3ccccc23)c1. The minimum Gasteiger partial charge on any atom is -0.135 e. The fourth-order valence-electron chi connectivity index (χ4n) is 8.75. The maximum Gasteiger partial charge on any atom is 0.0361 e. The molecule has 256 valence electrons. The van der Waals surface area contributed by atoms with Gasteiger partial charge in [-0.25, -0.2) is 0 Å². The lowest BCUT2D eigenvalue weighted by Crippen LogP contribution is -1.91. The van der Waals surface area contributed by atoms with E-state index in [1.165, 1.54) is 108 Å². The second-order valence-corrected chi connectivity index (χ2v) is 15.5. The molecular formula is C54H34S. The zero-order valence-electron chi connectivity index (χ0n) is 30.0. The van der Waals surface area contributed by atoms with E-state index < -0.39 is 0 Å². The van der Waals surface area contributed by atoms with Crippen molar-refractivity contribution in [3.05, 3.63) is 206 Å². The highest BCUT2D eigenvalue weighted by Gasteiger charge is 2.18. The number of benzene rings is 10. The highest BCUT2D eigenvalue weighted by Crippen LogP contribution is 2.45. The molecule has 1 aromatic heterocycles. The van der Waals surface area contributed by atoms with Gasteiger partial charge in [0.05, 0.1) is 0 Å². The first-order valence-corrected chi connectivity index (χ1v) is 19.7. The largest absolute Gasteiger partial charge is 0.135 e. The maximum atomic E-state index is 2.32. The summed E-state index contributed by atoms with van der Waals surface area (Å²) < 4.78 is 2.66. The first kappa shape index (κ1) is 31.7. The van der Waals surface area contributed by atoms with Gasteiger partial charge in [0.2, 0.25) is 0 Å². The van der Waals surface area contributed by atoms with Crippen molar-refractivity contribution in [3.8, 4) is 55.6 Å². The molecule has 11 rings (SSSR count). The Morgan fingerprint density at radius 3 is 1.38 bits per heavy atom. The molecule has 0 fully saturated rings. The van der Waals surface area contributed by atoms with Crippen molar-refractivity contribution in [2.75, 3.05) is 0 Å². The van der Waals surface area contributed by atoms with Crippen LogP contribution in [0.15, 0.2) is 206 Å². The van der Waals surface area contributed by atoms with Crippen LogP contribution in [0.5, 0.6) is 0 Å². The van der Waals surface area contributed by atoms with Crippen LogP contribution in [0.3, 0.4) is 0 Å². The Labute approximate surface area is 324 Å². The molecule has 55 heavy (non-hydrogen) atoms. The van der Waals surface area contributed by atoms with E-state index in [1.807, 2.05) is 11.3 Å². The fraction of sp³-hybridized carbons (Fsp3) is 0. The van der Waals surface area contributed by atoms with Gasteiger partial charge in [0, 0.05) is 20.2 Å². The minimum absolute atomic E-state index is 1.21. The van der Waals surface area contributed by atoms with Crippen LogP contribution < -0.4 is 0 Å². The fourth-order valence-corrected chi connectivity index (χ4v) is 9.89. The lowest BCUT2D eigenvalue weighted by Gasteiger charge is -2.18. The number of fused-ring (bicyclic) bond motifs is 6. The predicted molar refractivity (Wildman–Crippen MR) is 239 cm³/mol. The molecule has 10 aromatic carbocycles. The van der Waals surface area contributed by atoms with Crippen LogP contribution in [-0.4, -0.2) is 0 Å². The minimum atomic E-state index is 1.21. The standard InChI is InChI=1S/C54H34S/c1-2-16-42-36(12-1)13-10-22-43(42)41-15-9-14-40(34-41)35-26-30-38(31-27-35)52-45-17-3-5-19-47(45)53(48-20-6-4-18-46(48)52)39-32-28-37(29-33-39)44-23-11-25-51-54(44)49-21-7-8-24-50(49)55-51/h1-34H. The average Bonchev–Trinajstić information content (AvgIpc) is 3.65. The number of rotatable bonds is 5. The van der Waals surface area contributed by atoms with Gasteiger partial charge in [-0.1, -0.05) is 188 Å². The molecule has 0 spiro atoms. The van der Waals surface area contributed by atoms with Crippen molar-refractivity contribution < 1.29 is 0 Å². The summed E-state index contributed by atoms with van der Waals surface area (Å²) in [5, 5.41) is 10.3. The van der Waals surface area contributed by atoms with E-state index in [0.29, 0.717) is 0 Å². The summed E-state index contributed by atoms with van der Waals surface area (Å²) in [6, 6.07) is 75.9. The molecule has 0 saturated heterocycles. The predicted octanol–water partition coefficient (Wildman–Crippen LogP) is 15.8. The molecule has 0 aliphatic rings. The van der Waals surface area contributed by atoms with Crippen molar-refractivity contribution in [2.45, 2.75) is 0 Å². The van der Waals surface area contributed by atoms with E-state index in [0.717, 1.165) is 0 Å². The van der Waals surface area contributed by atoms with Crippen LogP contribution in [-0.2, 0) is 0 Å². The second-order valence-electron chi connectivity index (χ2n) is 14.4. The van der Waals surface area contributed by atoms with Gasteiger partial charge < -0.3 is 0 Å². The van der Waals surface area contributed by atoms with Gasteiger partial charge in [0.1, 0.15) is 0 Å². The second kappa shape index (κ2) is 13.0. The molecule has 0 radical (unpaired) electrons. The van der Waals surface area contributed by atoms with Crippen molar-refractivity contribution in [2.24, 2.45) is 0 Å². The van der Waals surface area contributed by atoms with Gasteiger partial charge in [0.25, 0.3) is 0 Å². The van der Waals surface area contributed by atoms with Crippen molar-refractivity contribution in [1.29, 1.82) is 0 Å². The van der Waals surface area contributed by atoms with Crippen molar-refractivity contribution in [1.82, 2.24) is 0 Å². The Morgan fingerprint density at radius 2 is 0.709 bits per heavy atom. The number of hydrogen-bond donors (Lipinski definition) is 0. The van der Waals surface area contributed by atoms with Crippen LogP contribution in [0.25, 0.3) is 108 Å². The molecular weight excluding hydrogens is 681 g/mol. The third-order valence-corrected chi connectivity index (χ3v) is 12.4. The van der Waals surface area contributed by atoms with E-state index in [2.05, 4.69) is 206 Å². The molecule has 0 aliphatic heterocycles. The average molecular weight is 715 g/mol. The van der Waals surface area contributed by atoms with E-state index in [-0.39, 0.29) is 0 Å². The Kier molecular flexibility index (Phi) is 7.46. The zero-order chi connectivity index (χ0) is 36.3. The molecule has 0 bridgehead atoms. The summed E-state index contributed by atoms with van der Waals surface area (Å²) in [7, 11) is 0. The molecule has 11 aromatic rings. The smallest absolute Gasteiger partial charge is 0.0361 e. The summed E-state index contributed by atoms with van der Waals surface area (Å²) in [5.41, 5.74) is 12.5. The Balaban J connectivity index is 1.00. The summed E-state index contributed by atoms with van der Waals surface area (Å²) in [6.45, 7) is 0. The van der Waals surface area contributed by atoms with Crippen molar-refractivity contribution >= 4 is 63.8 Å². The van der Waals surface area contributed by atoms with Crippen LogP contribution in [0.1, 0.15) is 0 Å². The maximum absolute atomic E-state index is 2.32. The molecule has 0 nitrogen and oxygen atoms in total. The van der Waals surface area contributed by atoms with Gasteiger partial charge in [0.15, 0.2) is 0 Å². The quantitative estimate of drug-likeness (QED) is 0.156. The van der Waals surface area contributed by atoms with E-state index >= 15 is 0 Å². The van der Waals surface area contributed by atoms with Gasteiger partial charge in [-0.15, -0.1) is 11.3 Å². The van der Waals surface area contributed by atoms with Gasteiger partial charge in [-0.2, -0.15) is 0 Å². The lowest BCUT2D eigenvalue weighted by molar-refractivity contribution is 1.60. The highest BCUT2D eigenvalue weighted by atomic mass is 32.1. The first-order valence-electron chi connectivity index (χ1n) is 18.9.